The number of hydrogen-bond donors (Lipinski definition) is 0. The third-order valence-corrected chi connectivity index (χ3v) is 3.52. The minimum Gasteiger partial charge on any atom is -0.493 e. The molecule has 0 fully saturated rings. The number of ketones is 1. The van der Waals surface area contributed by atoms with Gasteiger partial charge in [-0.3, -0.25) is 4.79 Å². The zero-order valence-corrected chi connectivity index (χ0v) is 13.2. The fourth-order valence-corrected chi connectivity index (χ4v) is 2.39. The first-order valence-electron chi connectivity index (χ1n) is 7.41. The molecule has 0 saturated heterocycles. The molecule has 0 unspecified atom stereocenters. The predicted molar refractivity (Wildman–Crippen MR) is 89.2 cm³/mol. The molecule has 0 aliphatic heterocycles. The lowest BCUT2D eigenvalue weighted by Gasteiger charge is -2.06. The molecule has 1 aromatic heterocycles. The van der Waals surface area contributed by atoms with E-state index < -0.39 is 12.4 Å². The molecule has 0 atom stereocenters. The molecule has 4 nitrogen and oxygen atoms in total. The van der Waals surface area contributed by atoms with Crippen LogP contribution in [0.4, 0.5) is 8.78 Å². The number of halogens is 2. The summed E-state index contributed by atoms with van der Waals surface area (Å²) in [6.45, 7) is -2.94. The quantitative estimate of drug-likeness (QED) is 0.469. The molecule has 1 heterocycles. The summed E-state index contributed by atoms with van der Waals surface area (Å²) in [4.78, 5) is 12.3. The highest BCUT2D eigenvalue weighted by Gasteiger charge is 2.13. The van der Waals surface area contributed by atoms with Crippen LogP contribution < -0.4 is 9.47 Å². The first-order valence-corrected chi connectivity index (χ1v) is 7.41. The van der Waals surface area contributed by atoms with Crippen LogP contribution in [0, 0.1) is 0 Å². The summed E-state index contributed by atoms with van der Waals surface area (Å²) in [6.07, 6.45) is 2.66. The fourth-order valence-electron chi connectivity index (χ4n) is 2.39. The molecule has 25 heavy (non-hydrogen) atoms. The molecule has 128 valence electrons. The first kappa shape index (κ1) is 16.7. The zero-order chi connectivity index (χ0) is 17.8. The van der Waals surface area contributed by atoms with Crippen molar-refractivity contribution in [2.24, 2.45) is 0 Å². The summed E-state index contributed by atoms with van der Waals surface area (Å²) in [5, 5.41) is 0.734. The van der Waals surface area contributed by atoms with E-state index in [9.17, 15) is 13.6 Å². The maximum atomic E-state index is 12.4. The second-order valence-corrected chi connectivity index (χ2v) is 5.10. The van der Waals surface area contributed by atoms with Gasteiger partial charge in [0.15, 0.2) is 17.1 Å². The number of allylic oxidation sites excluding steroid dienone is 1. The van der Waals surface area contributed by atoms with Crippen molar-refractivity contribution >= 4 is 22.8 Å². The van der Waals surface area contributed by atoms with Gasteiger partial charge in [-0.25, -0.2) is 0 Å². The average Bonchev–Trinajstić information content (AvgIpc) is 3.04. The highest BCUT2D eigenvalue weighted by molar-refractivity contribution is 6.07. The lowest BCUT2D eigenvalue weighted by atomic mass is 10.1. The Morgan fingerprint density at radius 1 is 1.12 bits per heavy atom. The standard InChI is InChI=1S/C19H14F2O4/c1-23-16-8-4-6-13-11-17(24-18(13)16)14(22)10-9-12-5-2-3-7-15(12)25-19(20)21/h2-11,19H,1H3/b10-9+. The van der Waals surface area contributed by atoms with E-state index in [4.69, 9.17) is 9.15 Å². The summed E-state index contributed by atoms with van der Waals surface area (Å²) >= 11 is 0. The number of para-hydroxylation sites is 2. The van der Waals surface area contributed by atoms with E-state index in [1.54, 1.807) is 42.5 Å². The number of furan rings is 1. The number of methoxy groups -OCH3 is 1. The smallest absolute Gasteiger partial charge is 0.387 e. The summed E-state index contributed by atoms with van der Waals surface area (Å²) in [5.74, 6) is 0.247. The number of carbonyl (C=O) groups excluding carboxylic acids is 1. The van der Waals surface area contributed by atoms with Crippen LogP contribution in [0.5, 0.6) is 11.5 Å². The summed E-state index contributed by atoms with van der Waals surface area (Å²) < 4.78 is 40.0. The first-order chi connectivity index (χ1) is 12.1. The van der Waals surface area contributed by atoms with Gasteiger partial charge in [0.2, 0.25) is 5.78 Å². The molecule has 3 rings (SSSR count). The van der Waals surface area contributed by atoms with Gasteiger partial charge in [-0.2, -0.15) is 8.78 Å². The molecular formula is C19H14F2O4. The fraction of sp³-hybridized carbons (Fsp3) is 0.105. The van der Waals surface area contributed by atoms with Gasteiger partial charge in [0, 0.05) is 10.9 Å². The minimum atomic E-state index is -2.94. The Kier molecular flexibility index (Phi) is 4.79. The van der Waals surface area contributed by atoms with Crippen LogP contribution in [0.15, 0.2) is 59.0 Å². The third kappa shape index (κ3) is 3.68. The van der Waals surface area contributed by atoms with Gasteiger partial charge in [0.05, 0.1) is 7.11 Å². The van der Waals surface area contributed by atoms with E-state index in [1.165, 1.54) is 25.3 Å². The maximum Gasteiger partial charge on any atom is 0.387 e. The van der Waals surface area contributed by atoms with Gasteiger partial charge in [-0.1, -0.05) is 30.3 Å². The highest BCUT2D eigenvalue weighted by Crippen LogP contribution is 2.29. The second kappa shape index (κ2) is 7.17. The Balaban J connectivity index is 1.87. The molecule has 0 radical (unpaired) electrons. The molecule has 0 amide bonds. The van der Waals surface area contributed by atoms with E-state index in [0.717, 1.165) is 5.39 Å². The van der Waals surface area contributed by atoms with Crippen molar-refractivity contribution in [2.45, 2.75) is 6.61 Å². The number of hydrogen-bond acceptors (Lipinski definition) is 4. The molecule has 0 aliphatic rings. The molecule has 6 heteroatoms. The highest BCUT2D eigenvalue weighted by atomic mass is 19.3. The van der Waals surface area contributed by atoms with E-state index in [0.29, 0.717) is 16.9 Å². The van der Waals surface area contributed by atoms with E-state index in [2.05, 4.69) is 4.74 Å². The van der Waals surface area contributed by atoms with Crippen LogP contribution in [0.1, 0.15) is 16.1 Å². The van der Waals surface area contributed by atoms with Crippen molar-refractivity contribution in [1.82, 2.24) is 0 Å². The molecule has 0 N–H and O–H groups in total. The molecular weight excluding hydrogens is 330 g/mol. The van der Waals surface area contributed by atoms with Gasteiger partial charge in [-0.05, 0) is 30.4 Å². The van der Waals surface area contributed by atoms with Crippen LogP contribution in [0.3, 0.4) is 0 Å². The Morgan fingerprint density at radius 2 is 1.88 bits per heavy atom. The van der Waals surface area contributed by atoms with Gasteiger partial charge in [0.1, 0.15) is 5.75 Å². The second-order valence-electron chi connectivity index (χ2n) is 5.10. The van der Waals surface area contributed by atoms with Gasteiger partial charge in [0.25, 0.3) is 0 Å². The van der Waals surface area contributed by atoms with Crippen LogP contribution in [-0.4, -0.2) is 19.5 Å². The number of carbonyl (C=O) groups is 1. The summed E-state index contributed by atoms with van der Waals surface area (Å²) in [5.41, 5.74) is 0.841. The number of fused-ring (bicyclic) bond motifs is 1. The Labute approximate surface area is 142 Å². The third-order valence-electron chi connectivity index (χ3n) is 3.52. The van der Waals surface area contributed by atoms with Crippen molar-refractivity contribution in [2.75, 3.05) is 7.11 Å². The number of benzene rings is 2. The number of rotatable bonds is 6. The summed E-state index contributed by atoms with van der Waals surface area (Å²) in [7, 11) is 1.51. The number of ether oxygens (including phenoxy) is 2. The van der Waals surface area contributed by atoms with Crippen molar-refractivity contribution in [3.05, 3.63) is 65.9 Å². The molecule has 3 aromatic rings. The lowest BCUT2D eigenvalue weighted by molar-refractivity contribution is -0.0499. The molecule has 0 spiro atoms. The van der Waals surface area contributed by atoms with E-state index >= 15 is 0 Å². The molecule has 0 bridgehead atoms. The zero-order valence-electron chi connectivity index (χ0n) is 13.2. The lowest BCUT2D eigenvalue weighted by Crippen LogP contribution is -2.03. The monoisotopic (exact) mass is 344 g/mol. The van der Waals surface area contributed by atoms with Crippen molar-refractivity contribution in [3.8, 4) is 11.5 Å². The normalized spacial score (nSPS) is 11.4. The average molecular weight is 344 g/mol. The van der Waals surface area contributed by atoms with Crippen molar-refractivity contribution in [1.29, 1.82) is 0 Å². The summed E-state index contributed by atoms with van der Waals surface area (Å²) in [6, 6.07) is 13.1. The molecule has 2 aromatic carbocycles. The molecule has 0 aliphatic carbocycles. The topological polar surface area (TPSA) is 48.7 Å². The van der Waals surface area contributed by atoms with Crippen LogP contribution >= 0.6 is 0 Å². The Bertz CT molecular complexity index is 928. The van der Waals surface area contributed by atoms with Crippen LogP contribution in [0.2, 0.25) is 0 Å². The Morgan fingerprint density at radius 3 is 2.64 bits per heavy atom. The van der Waals surface area contributed by atoms with E-state index in [1.807, 2.05) is 0 Å². The minimum absolute atomic E-state index is 0.00664. The maximum absolute atomic E-state index is 12.4. The molecule has 0 saturated carbocycles. The predicted octanol–water partition coefficient (Wildman–Crippen LogP) is 4.94. The largest absolute Gasteiger partial charge is 0.493 e. The SMILES string of the molecule is COc1cccc2cc(C(=O)/C=C/c3ccccc3OC(F)F)oc12. The van der Waals surface area contributed by atoms with Gasteiger partial charge in [-0.15, -0.1) is 0 Å². The van der Waals surface area contributed by atoms with Crippen molar-refractivity contribution < 1.29 is 27.5 Å². The van der Waals surface area contributed by atoms with Crippen molar-refractivity contribution in [3.63, 3.8) is 0 Å². The van der Waals surface area contributed by atoms with Crippen LogP contribution in [-0.2, 0) is 0 Å². The Hall–Kier alpha value is -3.15. The van der Waals surface area contributed by atoms with Crippen LogP contribution in [0.25, 0.3) is 17.0 Å². The number of alkyl halides is 2. The van der Waals surface area contributed by atoms with E-state index in [-0.39, 0.29) is 11.5 Å². The van der Waals surface area contributed by atoms with Gasteiger partial charge < -0.3 is 13.9 Å². The van der Waals surface area contributed by atoms with Gasteiger partial charge >= 0.3 is 6.61 Å².